The lowest BCUT2D eigenvalue weighted by Gasteiger charge is -2.35. The van der Waals surface area contributed by atoms with Gasteiger partial charge in [0.2, 0.25) is 5.91 Å². The number of benzene rings is 1. The molecule has 0 bridgehead atoms. The van der Waals surface area contributed by atoms with Crippen LogP contribution in [0.1, 0.15) is 18.4 Å². The molecule has 3 rings (SSSR count). The first-order valence-electron chi connectivity index (χ1n) is 9.40. The summed E-state index contributed by atoms with van der Waals surface area (Å²) in [5.41, 5.74) is 1.40. The van der Waals surface area contributed by atoms with Gasteiger partial charge in [0.1, 0.15) is 0 Å². The lowest BCUT2D eigenvalue weighted by Crippen LogP contribution is -2.43. The molecular weight excluding hydrogens is 316 g/mol. The molecule has 0 spiro atoms. The Morgan fingerprint density at radius 2 is 2.20 bits per heavy atom. The number of likely N-dealkylation sites (tertiary alicyclic amines) is 1. The largest absolute Gasteiger partial charge is 0.383 e. The minimum absolute atomic E-state index is 0.0780. The summed E-state index contributed by atoms with van der Waals surface area (Å²) >= 11 is 0. The highest BCUT2D eigenvalue weighted by molar-refractivity contribution is 5.76. The number of piperidine rings is 1. The summed E-state index contributed by atoms with van der Waals surface area (Å²) in [4.78, 5) is 14.6. The summed E-state index contributed by atoms with van der Waals surface area (Å²) in [6.07, 6.45) is 2.80. The molecule has 0 unspecified atom stereocenters. The summed E-state index contributed by atoms with van der Waals surface area (Å²) in [5.74, 6) is 1.18. The zero-order chi connectivity index (χ0) is 17.5. The van der Waals surface area contributed by atoms with E-state index in [1.807, 2.05) is 0 Å². The second-order valence-electron chi connectivity index (χ2n) is 7.17. The van der Waals surface area contributed by atoms with E-state index in [0.717, 1.165) is 39.1 Å². The predicted molar refractivity (Wildman–Crippen MR) is 97.4 cm³/mol. The molecule has 0 saturated carbocycles. The maximum atomic E-state index is 12.0. The quantitative estimate of drug-likeness (QED) is 0.728. The average molecular weight is 346 g/mol. The molecule has 2 aliphatic heterocycles. The van der Waals surface area contributed by atoms with E-state index >= 15 is 0 Å². The van der Waals surface area contributed by atoms with E-state index in [4.69, 9.17) is 9.47 Å². The number of nitrogens with zero attached hydrogens (tertiary/aromatic N) is 1. The summed E-state index contributed by atoms with van der Waals surface area (Å²) in [5, 5.41) is 2.90. The van der Waals surface area contributed by atoms with Crippen molar-refractivity contribution in [1.29, 1.82) is 0 Å². The van der Waals surface area contributed by atoms with Gasteiger partial charge in [0.25, 0.3) is 0 Å². The van der Waals surface area contributed by atoms with Crippen LogP contribution < -0.4 is 5.32 Å². The molecule has 2 heterocycles. The Labute approximate surface area is 150 Å². The highest BCUT2D eigenvalue weighted by Gasteiger charge is 2.41. The zero-order valence-electron chi connectivity index (χ0n) is 15.2. The first-order valence-corrected chi connectivity index (χ1v) is 9.40. The number of amides is 1. The molecule has 138 valence electrons. The second kappa shape index (κ2) is 9.32. The Hall–Kier alpha value is -1.43. The molecule has 1 amide bonds. The zero-order valence-corrected chi connectivity index (χ0v) is 15.2. The van der Waals surface area contributed by atoms with Gasteiger partial charge in [-0.05, 0) is 30.9 Å². The minimum atomic E-state index is 0.0780. The Morgan fingerprint density at radius 3 is 3.00 bits per heavy atom. The van der Waals surface area contributed by atoms with Crippen molar-refractivity contribution < 1.29 is 14.3 Å². The number of nitrogens with one attached hydrogen (secondary N) is 1. The van der Waals surface area contributed by atoms with E-state index in [1.54, 1.807) is 7.11 Å². The van der Waals surface area contributed by atoms with Gasteiger partial charge in [-0.15, -0.1) is 0 Å². The van der Waals surface area contributed by atoms with Crippen LogP contribution in [-0.2, 0) is 20.7 Å². The molecule has 1 N–H and O–H groups in total. The van der Waals surface area contributed by atoms with Gasteiger partial charge in [-0.1, -0.05) is 30.3 Å². The van der Waals surface area contributed by atoms with Crippen LogP contribution in [0.5, 0.6) is 0 Å². The molecule has 5 nitrogen and oxygen atoms in total. The molecule has 2 aliphatic rings. The van der Waals surface area contributed by atoms with Crippen LogP contribution in [0.15, 0.2) is 30.3 Å². The van der Waals surface area contributed by atoms with Gasteiger partial charge in [0, 0.05) is 32.7 Å². The van der Waals surface area contributed by atoms with Crippen molar-refractivity contribution in [3.8, 4) is 0 Å². The molecule has 25 heavy (non-hydrogen) atoms. The van der Waals surface area contributed by atoms with Gasteiger partial charge in [0.15, 0.2) is 0 Å². The van der Waals surface area contributed by atoms with Crippen molar-refractivity contribution in [3.63, 3.8) is 0 Å². The fourth-order valence-corrected chi connectivity index (χ4v) is 4.05. The number of ether oxygens (including phenoxy) is 2. The van der Waals surface area contributed by atoms with Crippen molar-refractivity contribution in [2.24, 2.45) is 11.8 Å². The van der Waals surface area contributed by atoms with E-state index in [2.05, 4.69) is 40.5 Å². The summed E-state index contributed by atoms with van der Waals surface area (Å²) in [6, 6.07) is 10.7. The van der Waals surface area contributed by atoms with Gasteiger partial charge in [0.05, 0.1) is 25.7 Å². The van der Waals surface area contributed by atoms with Crippen molar-refractivity contribution in [2.75, 3.05) is 46.5 Å². The summed E-state index contributed by atoms with van der Waals surface area (Å²) in [6.45, 7) is 5.24. The van der Waals surface area contributed by atoms with Crippen LogP contribution in [0.2, 0.25) is 0 Å². The van der Waals surface area contributed by atoms with Crippen LogP contribution in [0, 0.1) is 11.8 Å². The van der Waals surface area contributed by atoms with Crippen LogP contribution >= 0.6 is 0 Å². The molecular formula is C20H30N2O3. The van der Waals surface area contributed by atoms with Crippen LogP contribution in [-0.4, -0.2) is 63.4 Å². The summed E-state index contributed by atoms with van der Waals surface area (Å²) in [7, 11) is 1.64. The van der Waals surface area contributed by atoms with E-state index < -0.39 is 0 Å². The average Bonchev–Trinajstić information content (AvgIpc) is 3.03. The third-order valence-corrected chi connectivity index (χ3v) is 5.45. The first-order chi connectivity index (χ1) is 12.3. The van der Waals surface area contributed by atoms with Crippen molar-refractivity contribution in [1.82, 2.24) is 10.2 Å². The second-order valence-corrected chi connectivity index (χ2v) is 7.17. The predicted octanol–water partition coefficient (Wildman–Crippen LogP) is 1.72. The number of hydrogen-bond acceptors (Lipinski definition) is 4. The Kier molecular flexibility index (Phi) is 6.84. The number of carbonyl (C=O) groups excluding carboxylic acids is 1. The summed E-state index contributed by atoms with van der Waals surface area (Å²) < 4.78 is 10.9. The highest BCUT2D eigenvalue weighted by atomic mass is 16.5. The van der Waals surface area contributed by atoms with E-state index in [-0.39, 0.29) is 12.0 Å². The molecule has 2 saturated heterocycles. The number of rotatable bonds is 8. The normalized spacial score (nSPS) is 26.4. The number of carbonyl (C=O) groups is 1. The lowest BCUT2D eigenvalue weighted by atomic mass is 9.83. The number of fused-ring (bicyclic) bond motifs is 1. The maximum absolute atomic E-state index is 12.0. The molecule has 0 aromatic heterocycles. The number of hydrogen-bond donors (Lipinski definition) is 1. The first kappa shape index (κ1) is 18.4. The molecule has 1 aromatic carbocycles. The fraction of sp³-hybridized carbons (Fsp3) is 0.650. The van der Waals surface area contributed by atoms with Crippen molar-refractivity contribution in [2.45, 2.75) is 25.4 Å². The van der Waals surface area contributed by atoms with E-state index in [9.17, 15) is 4.79 Å². The fourth-order valence-electron chi connectivity index (χ4n) is 4.05. The Balaban J connectivity index is 1.41. The minimum Gasteiger partial charge on any atom is -0.383 e. The van der Waals surface area contributed by atoms with Gasteiger partial charge in [-0.3, -0.25) is 4.79 Å². The third-order valence-electron chi connectivity index (χ3n) is 5.45. The monoisotopic (exact) mass is 346 g/mol. The molecule has 3 atom stereocenters. The molecule has 5 heteroatoms. The van der Waals surface area contributed by atoms with Crippen LogP contribution in [0.25, 0.3) is 0 Å². The van der Waals surface area contributed by atoms with Gasteiger partial charge >= 0.3 is 0 Å². The molecule has 0 aliphatic carbocycles. The highest BCUT2D eigenvalue weighted by Crippen LogP contribution is 2.35. The SMILES string of the molecule is COCCNC(=O)C[C@@H]1OC[C@@H]2CN(CCc3ccccc3)CC[C@@H]21. The Morgan fingerprint density at radius 1 is 1.36 bits per heavy atom. The number of methoxy groups -OCH3 is 1. The van der Waals surface area contributed by atoms with Crippen LogP contribution in [0.3, 0.4) is 0 Å². The van der Waals surface area contributed by atoms with Gasteiger partial charge in [-0.25, -0.2) is 0 Å². The van der Waals surface area contributed by atoms with Crippen molar-refractivity contribution in [3.05, 3.63) is 35.9 Å². The van der Waals surface area contributed by atoms with Crippen LogP contribution in [0.4, 0.5) is 0 Å². The van der Waals surface area contributed by atoms with E-state index in [1.165, 1.54) is 5.56 Å². The smallest absolute Gasteiger partial charge is 0.222 e. The van der Waals surface area contributed by atoms with Gasteiger partial charge in [-0.2, -0.15) is 0 Å². The Bertz CT molecular complexity index is 537. The molecule has 0 radical (unpaired) electrons. The van der Waals surface area contributed by atoms with E-state index in [0.29, 0.717) is 31.4 Å². The molecule has 2 fully saturated rings. The molecule has 1 aromatic rings. The lowest BCUT2D eigenvalue weighted by molar-refractivity contribution is -0.124. The standard InChI is InChI=1S/C20H30N2O3/c1-24-12-9-21-20(23)13-19-18-8-11-22(14-17(18)15-25-19)10-7-16-5-3-2-4-6-16/h2-6,17-19H,7-15H2,1H3,(H,21,23)/t17-,18-,19-/m0/s1. The van der Waals surface area contributed by atoms with Gasteiger partial charge < -0.3 is 19.7 Å². The third kappa shape index (κ3) is 5.27. The maximum Gasteiger partial charge on any atom is 0.222 e. The topological polar surface area (TPSA) is 50.8 Å². The van der Waals surface area contributed by atoms with Crippen molar-refractivity contribution >= 4 is 5.91 Å².